The van der Waals surface area contributed by atoms with Crippen LogP contribution in [0.2, 0.25) is 0 Å². The molecule has 8 heteroatoms. The Kier molecular flexibility index (Phi) is 6.73. The molecule has 2 aromatic heterocycles. The van der Waals surface area contributed by atoms with E-state index in [0.717, 1.165) is 79.5 Å². The Labute approximate surface area is 216 Å². The monoisotopic (exact) mass is 496 g/mol. The fraction of sp³-hybridized carbons (Fsp3) is 0.345. The van der Waals surface area contributed by atoms with Gasteiger partial charge in [0.2, 0.25) is 11.9 Å². The molecule has 0 bridgehead atoms. The van der Waals surface area contributed by atoms with Gasteiger partial charge >= 0.3 is 0 Å². The van der Waals surface area contributed by atoms with Gasteiger partial charge in [-0.1, -0.05) is 6.07 Å². The number of rotatable bonds is 7. The van der Waals surface area contributed by atoms with E-state index in [0.29, 0.717) is 12.4 Å². The summed E-state index contributed by atoms with van der Waals surface area (Å²) in [6.45, 7) is 3.82. The fourth-order valence-electron chi connectivity index (χ4n) is 5.11. The normalized spacial score (nSPS) is 15.7. The highest BCUT2D eigenvalue weighted by molar-refractivity contribution is 5.91. The van der Waals surface area contributed by atoms with Crippen LogP contribution >= 0.6 is 0 Å². The van der Waals surface area contributed by atoms with Crippen LogP contribution in [-0.4, -0.2) is 51.6 Å². The number of carbonyl (C=O) groups excluding carboxylic acids is 1. The van der Waals surface area contributed by atoms with Crippen LogP contribution in [0.1, 0.15) is 37.7 Å². The molecular weight excluding hydrogens is 464 g/mol. The van der Waals surface area contributed by atoms with Crippen molar-refractivity contribution in [1.29, 1.82) is 0 Å². The van der Waals surface area contributed by atoms with Gasteiger partial charge in [-0.3, -0.25) is 4.79 Å². The molecule has 0 spiro atoms. The second-order valence-electron chi connectivity index (χ2n) is 9.79. The minimum absolute atomic E-state index is 0.0477. The smallest absolute Gasteiger partial charge is 0.247 e. The van der Waals surface area contributed by atoms with Crippen molar-refractivity contribution in [2.75, 3.05) is 36.9 Å². The molecule has 8 nitrogen and oxygen atoms in total. The van der Waals surface area contributed by atoms with E-state index in [-0.39, 0.29) is 5.91 Å². The molecule has 2 aliphatic rings. The van der Waals surface area contributed by atoms with Crippen molar-refractivity contribution in [1.82, 2.24) is 19.5 Å². The number of likely N-dealkylation sites (tertiary alicyclic amines) is 1. The number of hydrogen-bond acceptors (Lipinski definition) is 6. The third-order valence-corrected chi connectivity index (χ3v) is 7.09. The van der Waals surface area contributed by atoms with Crippen molar-refractivity contribution in [3.63, 3.8) is 0 Å². The molecule has 1 fully saturated rings. The number of anilines is 3. The molecular formula is C29H32N6O2. The molecule has 0 saturated carbocycles. The van der Waals surface area contributed by atoms with Crippen LogP contribution in [0.4, 0.5) is 17.3 Å². The van der Waals surface area contributed by atoms with E-state index in [4.69, 9.17) is 9.84 Å². The molecule has 37 heavy (non-hydrogen) atoms. The molecule has 0 atom stereocenters. The lowest BCUT2D eigenvalue weighted by atomic mass is 10.0. The zero-order valence-electron chi connectivity index (χ0n) is 20.9. The van der Waals surface area contributed by atoms with Crippen molar-refractivity contribution >= 4 is 28.9 Å². The lowest BCUT2D eigenvalue weighted by molar-refractivity contribution is -0.116. The van der Waals surface area contributed by atoms with Gasteiger partial charge < -0.3 is 20.3 Å². The number of amides is 1. The van der Waals surface area contributed by atoms with Crippen molar-refractivity contribution in [2.45, 2.75) is 38.5 Å². The summed E-state index contributed by atoms with van der Waals surface area (Å²) in [4.78, 5) is 19.3. The Bertz CT molecular complexity index is 1390. The standard InChI is InChI=1S/C29H32N6O2/c36-28(15-18-34-16-2-3-17-34)30-23-10-12-24(13-11-23)31-29-32-27-8-5-7-25(35(27)33-29)21-9-14-26-22(20-21)6-1-4-19-37-26/h5,7-14,20H,1-4,6,15-19H2,(H,30,36)(H,31,33). The fourth-order valence-corrected chi connectivity index (χ4v) is 5.11. The molecule has 1 saturated heterocycles. The van der Waals surface area contributed by atoms with E-state index < -0.39 is 0 Å². The molecule has 1 amide bonds. The molecule has 0 aliphatic carbocycles. The van der Waals surface area contributed by atoms with Gasteiger partial charge in [0.15, 0.2) is 5.65 Å². The number of benzene rings is 2. The van der Waals surface area contributed by atoms with E-state index in [1.807, 2.05) is 40.9 Å². The number of nitrogens with zero attached hydrogens (tertiary/aromatic N) is 4. The van der Waals surface area contributed by atoms with Gasteiger partial charge in [-0.25, -0.2) is 4.52 Å². The van der Waals surface area contributed by atoms with Crippen LogP contribution in [0.5, 0.6) is 5.75 Å². The first kappa shape index (κ1) is 23.5. The molecule has 6 rings (SSSR count). The first-order chi connectivity index (χ1) is 18.2. The summed E-state index contributed by atoms with van der Waals surface area (Å²) in [5.74, 6) is 1.56. The molecule has 4 aromatic rings. The van der Waals surface area contributed by atoms with Gasteiger partial charge in [-0.05, 0) is 105 Å². The molecule has 0 radical (unpaired) electrons. The highest BCUT2D eigenvalue weighted by Gasteiger charge is 2.15. The van der Waals surface area contributed by atoms with Gasteiger partial charge in [-0.15, -0.1) is 5.10 Å². The second kappa shape index (κ2) is 10.6. The highest BCUT2D eigenvalue weighted by Crippen LogP contribution is 2.30. The topological polar surface area (TPSA) is 83.8 Å². The van der Waals surface area contributed by atoms with Gasteiger partial charge in [0, 0.05) is 29.9 Å². The molecule has 2 aliphatic heterocycles. The summed E-state index contributed by atoms with van der Waals surface area (Å²) in [5, 5.41) is 11.0. The summed E-state index contributed by atoms with van der Waals surface area (Å²) < 4.78 is 7.76. The van der Waals surface area contributed by atoms with E-state index in [1.165, 1.54) is 18.4 Å². The third kappa shape index (κ3) is 5.44. The lowest BCUT2D eigenvalue weighted by Gasteiger charge is -2.14. The number of hydrogen-bond donors (Lipinski definition) is 2. The number of ether oxygens (including phenoxy) is 1. The summed E-state index contributed by atoms with van der Waals surface area (Å²) in [7, 11) is 0. The number of nitrogens with one attached hydrogen (secondary N) is 2. The Balaban J connectivity index is 1.14. The van der Waals surface area contributed by atoms with Crippen LogP contribution in [0, 0.1) is 0 Å². The van der Waals surface area contributed by atoms with E-state index in [1.54, 1.807) is 0 Å². The number of aryl methyl sites for hydroxylation is 1. The zero-order valence-corrected chi connectivity index (χ0v) is 20.9. The maximum absolute atomic E-state index is 12.3. The van der Waals surface area contributed by atoms with Crippen molar-refractivity contribution < 1.29 is 9.53 Å². The first-order valence-electron chi connectivity index (χ1n) is 13.2. The highest BCUT2D eigenvalue weighted by atomic mass is 16.5. The van der Waals surface area contributed by atoms with E-state index in [9.17, 15) is 4.79 Å². The van der Waals surface area contributed by atoms with Gasteiger partial charge in [0.25, 0.3) is 0 Å². The largest absolute Gasteiger partial charge is 0.493 e. The molecule has 190 valence electrons. The average molecular weight is 497 g/mol. The molecule has 2 N–H and O–H groups in total. The Morgan fingerprint density at radius 2 is 1.78 bits per heavy atom. The van der Waals surface area contributed by atoms with Crippen molar-refractivity contribution in [3.8, 4) is 17.0 Å². The van der Waals surface area contributed by atoms with E-state index >= 15 is 0 Å². The summed E-state index contributed by atoms with van der Waals surface area (Å²) in [6.07, 6.45) is 6.25. The van der Waals surface area contributed by atoms with Crippen LogP contribution in [0.3, 0.4) is 0 Å². The third-order valence-electron chi connectivity index (χ3n) is 7.09. The second-order valence-corrected chi connectivity index (χ2v) is 9.79. The summed E-state index contributed by atoms with van der Waals surface area (Å²) in [6, 6.07) is 20.0. The summed E-state index contributed by atoms with van der Waals surface area (Å²) >= 11 is 0. The number of carbonyl (C=O) groups is 1. The average Bonchev–Trinajstić information content (AvgIpc) is 3.52. The predicted octanol–water partition coefficient (Wildman–Crippen LogP) is 5.28. The Hall–Kier alpha value is -3.91. The van der Waals surface area contributed by atoms with Crippen LogP contribution in [0.15, 0.2) is 60.7 Å². The van der Waals surface area contributed by atoms with Gasteiger partial charge in [0.1, 0.15) is 5.75 Å². The number of pyridine rings is 1. The van der Waals surface area contributed by atoms with Crippen LogP contribution in [0.25, 0.3) is 16.9 Å². The number of aromatic nitrogens is 3. The molecule has 2 aromatic carbocycles. The maximum Gasteiger partial charge on any atom is 0.247 e. The Morgan fingerprint density at radius 1 is 0.946 bits per heavy atom. The maximum atomic E-state index is 12.3. The van der Waals surface area contributed by atoms with Crippen molar-refractivity contribution in [2.24, 2.45) is 0 Å². The van der Waals surface area contributed by atoms with Gasteiger partial charge in [-0.2, -0.15) is 4.98 Å². The zero-order chi connectivity index (χ0) is 25.0. The quantitative estimate of drug-likeness (QED) is 0.362. The molecule has 4 heterocycles. The predicted molar refractivity (Wildman–Crippen MR) is 146 cm³/mol. The minimum Gasteiger partial charge on any atom is -0.493 e. The van der Waals surface area contributed by atoms with Crippen LogP contribution < -0.4 is 15.4 Å². The Morgan fingerprint density at radius 3 is 2.65 bits per heavy atom. The lowest BCUT2D eigenvalue weighted by Crippen LogP contribution is -2.25. The molecule has 0 unspecified atom stereocenters. The minimum atomic E-state index is 0.0477. The van der Waals surface area contributed by atoms with Crippen molar-refractivity contribution in [3.05, 3.63) is 66.2 Å². The van der Waals surface area contributed by atoms with E-state index in [2.05, 4.69) is 44.8 Å². The van der Waals surface area contributed by atoms with Crippen LogP contribution in [-0.2, 0) is 11.2 Å². The number of fused-ring (bicyclic) bond motifs is 2. The van der Waals surface area contributed by atoms with Gasteiger partial charge in [0.05, 0.1) is 12.3 Å². The first-order valence-corrected chi connectivity index (χ1v) is 13.2. The summed E-state index contributed by atoms with van der Waals surface area (Å²) in [5.41, 5.74) is 5.74. The SMILES string of the molecule is O=C(CCN1CCCC1)Nc1ccc(Nc2nc3cccc(-c4ccc5c(c4)CCCCO5)n3n2)cc1.